The molecule has 10 heteroatoms. The zero-order valence-electron chi connectivity index (χ0n) is 15.6. The molecule has 2 aromatic carbocycles. The Balaban J connectivity index is 1.83. The molecule has 0 spiro atoms. The van der Waals surface area contributed by atoms with E-state index >= 15 is 0 Å². The summed E-state index contributed by atoms with van der Waals surface area (Å²) < 4.78 is 80.3. The van der Waals surface area contributed by atoms with Gasteiger partial charge in [0.05, 0.1) is 23.7 Å². The summed E-state index contributed by atoms with van der Waals surface area (Å²) in [6.45, 7) is 0. The van der Waals surface area contributed by atoms with Crippen molar-refractivity contribution >= 4 is 10.0 Å². The Labute approximate surface area is 174 Å². The van der Waals surface area contributed by atoms with Crippen LogP contribution in [0.15, 0.2) is 84.1 Å². The maximum absolute atomic E-state index is 14.0. The second-order valence-electron chi connectivity index (χ2n) is 6.55. The van der Waals surface area contributed by atoms with E-state index in [4.69, 9.17) is 0 Å². The first-order valence-corrected chi connectivity index (χ1v) is 10.3. The monoisotopic (exact) mass is 447 g/mol. The number of benzene rings is 2. The molecule has 0 atom stereocenters. The van der Waals surface area contributed by atoms with Gasteiger partial charge in [0, 0.05) is 17.3 Å². The van der Waals surface area contributed by atoms with Gasteiger partial charge in [0.15, 0.2) is 0 Å². The third-order valence-electron chi connectivity index (χ3n) is 4.48. The van der Waals surface area contributed by atoms with E-state index in [9.17, 15) is 26.0 Å². The van der Waals surface area contributed by atoms with Crippen molar-refractivity contribution in [2.45, 2.75) is 11.1 Å². The van der Waals surface area contributed by atoms with E-state index < -0.39 is 32.5 Å². The zero-order valence-corrected chi connectivity index (χ0v) is 16.4. The summed E-state index contributed by atoms with van der Waals surface area (Å²) in [5.41, 5.74) is -0.194. The van der Waals surface area contributed by atoms with Crippen LogP contribution in [0.2, 0.25) is 0 Å². The van der Waals surface area contributed by atoms with Crippen molar-refractivity contribution in [1.82, 2.24) is 14.2 Å². The van der Waals surface area contributed by atoms with Crippen LogP contribution >= 0.6 is 0 Å². The van der Waals surface area contributed by atoms with E-state index in [0.29, 0.717) is 9.78 Å². The summed E-state index contributed by atoms with van der Waals surface area (Å²) in [6, 6.07) is 12.9. The van der Waals surface area contributed by atoms with Gasteiger partial charge in [-0.05, 0) is 48.0 Å². The molecule has 0 amide bonds. The lowest BCUT2D eigenvalue weighted by Crippen LogP contribution is -2.14. The SMILES string of the molecule is O=S(=O)(c1ccccc1F)n1cc(-c2cc(-c3ccccn3)cc(C(F)(F)F)c2)cn1. The molecule has 0 aliphatic carbocycles. The number of pyridine rings is 1. The smallest absolute Gasteiger partial charge is 0.256 e. The highest BCUT2D eigenvalue weighted by Gasteiger charge is 2.32. The minimum absolute atomic E-state index is 0.0884. The van der Waals surface area contributed by atoms with E-state index in [-0.39, 0.29) is 16.7 Å². The molecule has 158 valence electrons. The van der Waals surface area contributed by atoms with Crippen molar-refractivity contribution in [2.75, 3.05) is 0 Å². The van der Waals surface area contributed by atoms with E-state index in [1.165, 1.54) is 24.4 Å². The van der Waals surface area contributed by atoms with E-state index in [0.717, 1.165) is 36.7 Å². The highest BCUT2D eigenvalue weighted by atomic mass is 32.2. The Morgan fingerprint density at radius 1 is 0.871 bits per heavy atom. The third-order valence-corrected chi connectivity index (χ3v) is 6.05. The highest BCUT2D eigenvalue weighted by Crippen LogP contribution is 2.36. The molecule has 0 saturated heterocycles. The first kappa shape index (κ1) is 20.7. The van der Waals surface area contributed by atoms with Crippen molar-refractivity contribution in [3.05, 3.63) is 90.6 Å². The Hall–Kier alpha value is -3.53. The van der Waals surface area contributed by atoms with Crippen LogP contribution in [-0.4, -0.2) is 22.6 Å². The predicted octanol–water partition coefficient (Wildman–Crippen LogP) is 5.01. The number of hydrogen-bond acceptors (Lipinski definition) is 4. The van der Waals surface area contributed by atoms with Gasteiger partial charge >= 0.3 is 6.18 Å². The molecule has 4 aromatic rings. The number of hydrogen-bond donors (Lipinski definition) is 0. The number of nitrogens with zero attached hydrogens (tertiary/aromatic N) is 3. The molecule has 31 heavy (non-hydrogen) atoms. The molecule has 4 rings (SSSR count). The summed E-state index contributed by atoms with van der Waals surface area (Å²) in [5.74, 6) is -0.962. The number of aromatic nitrogens is 3. The Morgan fingerprint density at radius 3 is 2.26 bits per heavy atom. The molecule has 2 aromatic heterocycles. The molecule has 0 unspecified atom stereocenters. The van der Waals surface area contributed by atoms with Crippen molar-refractivity contribution in [3.63, 3.8) is 0 Å². The average molecular weight is 447 g/mol. The van der Waals surface area contributed by atoms with Crippen LogP contribution in [0.1, 0.15) is 5.56 Å². The van der Waals surface area contributed by atoms with Crippen LogP contribution in [0.4, 0.5) is 17.6 Å². The van der Waals surface area contributed by atoms with Gasteiger partial charge in [-0.2, -0.15) is 30.8 Å². The third kappa shape index (κ3) is 4.06. The first-order valence-electron chi connectivity index (χ1n) is 8.85. The maximum Gasteiger partial charge on any atom is 0.416 e. The van der Waals surface area contributed by atoms with Crippen molar-refractivity contribution < 1.29 is 26.0 Å². The van der Waals surface area contributed by atoms with Crippen LogP contribution in [0.3, 0.4) is 0 Å². The van der Waals surface area contributed by atoms with Gasteiger partial charge < -0.3 is 0 Å². The molecule has 0 saturated carbocycles. The molecule has 0 aliphatic rings. The van der Waals surface area contributed by atoms with Gasteiger partial charge in [0.1, 0.15) is 10.7 Å². The highest BCUT2D eigenvalue weighted by molar-refractivity contribution is 7.89. The molecule has 0 bridgehead atoms. The second kappa shape index (κ2) is 7.62. The Kier molecular flexibility index (Phi) is 5.10. The van der Waals surface area contributed by atoms with Crippen molar-refractivity contribution in [3.8, 4) is 22.4 Å². The quantitative estimate of drug-likeness (QED) is 0.413. The van der Waals surface area contributed by atoms with Crippen molar-refractivity contribution in [1.29, 1.82) is 0 Å². The number of rotatable bonds is 4. The maximum atomic E-state index is 14.0. The van der Waals surface area contributed by atoms with Gasteiger partial charge in [-0.25, -0.2) is 4.39 Å². The lowest BCUT2D eigenvalue weighted by molar-refractivity contribution is -0.137. The van der Waals surface area contributed by atoms with Crippen LogP contribution in [-0.2, 0) is 16.2 Å². The Bertz CT molecular complexity index is 1350. The van der Waals surface area contributed by atoms with E-state index in [1.807, 2.05) is 0 Å². The van der Waals surface area contributed by atoms with Gasteiger partial charge in [-0.1, -0.05) is 18.2 Å². The number of halogens is 4. The van der Waals surface area contributed by atoms with E-state index in [1.54, 1.807) is 18.2 Å². The lowest BCUT2D eigenvalue weighted by Gasteiger charge is -2.11. The molecule has 5 nitrogen and oxygen atoms in total. The fourth-order valence-electron chi connectivity index (χ4n) is 2.98. The molecule has 2 heterocycles. The normalized spacial score (nSPS) is 12.1. The van der Waals surface area contributed by atoms with Crippen LogP contribution in [0.5, 0.6) is 0 Å². The summed E-state index contributed by atoms with van der Waals surface area (Å²) >= 11 is 0. The van der Waals surface area contributed by atoms with Gasteiger partial charge in [0.25, 0.3) is 10.0 Å². The summed E-state index contributed by atoms with van der Waals surface area (Å²) in [7, 11) is -4.36. The zero-order chi connectivity index (χ0) is 22.2. The minimum atomic E-state index is -4.63. The number of alkyl halides is 3. The molecular weight excluding hydrogens is 434 g/mol. The first-order chi connectivity index (χ1) is 14.7. The molecule has 0 N–H and O–H groups in total. The minimum Gasteiger partial charge on any atom is -0.256 e. The summed E-state index contributed by atoms with van der Waals surface area (Å²) in [5, 5.41) is 3.74. The van der Waals surface area contributed by atoms with Crippen LogP contribution in [0.25, 0.3) is 22.4 Å². The topological polar surface area (TPSA) is 64.8 Å². The van der Waals surface area contributed by atoms with Gasteiger partial charge in [-0.3, -0.25) is 4.98 Å². The van der Waals surface area contributed by atoms with Crippen LogP contribution in [0, 0.1) is 5.82 Å². The average Bonchev–Trinajstić information content (AvgIpc) is 3.25. The molecule has 0 radical (unpaired) electrons. The van der Waals surface area contributed by atoms with Gasteiger partial charge in [0.2, 0.25) is 0 Å². The van der Waals surface area contributed by atoms with Crippen LogP contribution < -0.4 is 0 Å². The lowest BCUT2D eigenvalue weighted by atomic mass is 9.99. The van der Waals surface area contributed by atoms with E-state index in [2.05, 4.69) is 10.1 Å². The summed E-state index contributed by atoms with van der Waals surface area (Å²) in [4.78, 5) is 3.48. The Morgan fingerprint density at radius 2 is 1.58 bits per heavy atom. The predicted molar refractivity (Wildman–Crippen MR) is 105 cm³/mol. The standard InChI is InChI=1S/C21H13F4N3O2S/c22-18-5-1-2-7-20(18)31(29,30)28-13-16(12-27-28)14-9-15(19-6-3-4-8-26-19)11-17(10-14)21(23,24)25/h1-13H. The molecule has 0 fully saturated rings. The molecule has 0 aliphatic heterocycles. The molecular formula is C21H13F4N3O2S. The fraction of sp³-hybridized carbons (Fsp3) is 0.0476. The second-order valence-corrected chi connectivity index (χ2v) is 8.31. The summed E-state index contributed by atoms with van der Waals surface area (Å²) in [6.07, 6.45) is -1.03. The fourth-order valence-corrected chi connectivity index (χ4v) is 4.17. The van der Waals surface area contributed by atoms with Gasteiger partial charge in [-0.15, -0.1) is 0 Å². The largest absolute Gasteiger partial charge is 0.416 e. The van der Waals surface area contributed by atoms with Crippen molar-refractivity contribution in [2.24, 2.45) is 0 Å².